The third kappa shape index (κ3) is 4.14. The summed E-state index contributed by atoms with van der Waals surface area (Å²) in [5.74, 6) is 6.44. The summed E-state index contributed by atoms with van der Waals surface area (Å²) in [7, 11) is 0. The zero-order chi connectivity index (χ0) is 19.4. The van der Waals surface area contributed by atoms with Crippen molar-refractivity contribution in [3.8, 4) is 11.5 Å². The lowest BCUT2D eigenvalue weighted by Gasteiger charge is -2.24. The second-order valence-corrected chi connectivity index (χ2v) is 6.24. The van der Waals surface area contributed by atoms with Gasteiger partial charge < -0.3 is 10.5 Å². The van der Waals surface area contributed by atoms with Crippen LogP contribution in [0.4, 0.5) is 10.1 Å². The maximum atomic E-state index is 13.3. The summed E-state index contributed by atoms with van der Waals surface area (Å²) in [5.41, 5.74) is 7.29. The second kappa shape index (κ2) is 8.26. The SMILES string of the molecule is N/C=C(/c1ccccc1Cl)N(N)c1cnccc1Oc1ccc(F)cc1Cl. The van der Waals surface area contributed by atoms with Crippen molar-refractivity contribution in [1.82, 2.24) is 4.98 Å². The molecule has 3 rings (SSSR count). The Kier molecular flexibility index (Phi) is 5.81. The lowest BCUT2D eigenvalue weighted by molar-refractivity contribution is 0.480. The van der Waals surface area contributed by atoms with Crippen LogP contribution in [0.2, 0.25) is 10.0 Å². The number of hydrogen-bond acceptors (Lipinski definition) is 5. The van der Waals surface area contributed by atoms with E-state index in [2.05, 4.69) is 4.98 Å². The molecular weight excluding hydrogens is 390 g/mol. The van der Waals surface area contributed by atoms with Crippen LogP contribution in [0, 0.1) is 5.82 Å². The third-order valence-corrected chi connectivity index (χ3v) is 4.33. The van der Waals surface area contributed by atoms with Gasteiger partial charge in [-0.15, -0.1) is 0 Å². The fourth-order valence-electron chi connectivity index (χ4n) is 2.42. The Bertz CT molecular complexity index is 997. The molecule has 5 nitrogen and oxygen atoms in total. The first-order valence-corrected chi connectivity index (χ1v) is 8.55. The molecule has 0 spiro atoms. The van der Waals surface area contributed by atoms with Crippen molar-refractivity contribution >= 4 is 34.6 Å². The minimum absolute atomic E-state index is 0.127. The van der Waals surface area contributed by atoms with E-state index in [1.54, 1.807) is 24.3 Å². The number of anilines is 1. The van der Waals surface area contributed by atoms with E-state index in [1.165, 1.54) is 35.7 Å². The molecule has 3 aromatic rings. The number of hydrazine groups is 1. The van der Waals surface area contributed by atoms with Gasteiger partial charge in [0.15, 0.2) is 5.75 Å². The van der Waals surface area contributed by atoms with E-state index < -0.39 is 5.82 Å². The standard InChI is InChI=1S/C19H15Cl2FN4O/c20-14-4-2-1-3-13(14)16(10-23)26(24)17-11-25-8-7-19(17)27-18-6-5-12(22)9-15(18)21/h1-11H,23-24H2/b16-10-. The molecule has 0 atom stereocenters. The van der Waals surface area contributed by atoms with Gasteiger partial charge in [0, 0.05) is 29.0 Å². The van der Waals surface area contributed by atoms with E-state index in [1.807, 2.05) is 6.07 Å². The number of nitrogens with zero attached hydrogens (tertiary/aromatic N) is 2. The molecule has 0 aliphatic carbocycles. The maximum Gasteiger partial charge on any atom is 0.155 e. The van der Waals surface area contributed by atoms with Crippen LogP contribution >= 0.6 is 23.2 Å². The number of nitrogens with two attached hydrogens (primary N) is 2. The monoisotopic (exact) mass is 404 g/mol. The Morgan fingerprint density at radius 2 is 1.85 bits per heavy atom. The quantitative estimate of drug-likeness (QED) is 0.464. The van der Waals surface area contributed by atoms with Crippen molar-refractivity contribution in [2.45, 2.75) is 0 Å². The summed E-state index contributed by atoms with van der Waals surface area (Å²) >= 11 is 12.3. The van der Waals surface area contributed by atoms with Crippen LogP contribution in [0.5, 0.6) is 11.5 Å². The molecule has 138 valence electrons. The van der Waals surface area contributed by atoms with Gasteiger partial charge in [0.2, 0.25) is 0 Å². The first-order valence-electron chi connectivity index (χ1n) is 7.80. The minimum atomic E-state index is -0.463. The van der Waals surface area contributed by atoms with Crippen LogP contribution in [0.1, 0.15) is 5.56 Å². The Labute approximate surface area is 165 Å². The van der Waals surface area contributed by atoms with Crippen LogP contribution in [0.3, 0.4) is 0 Å². The van der Waals surface area contributed by atoms with Crippen LogP contribution in [0.15, 0.2) is 67.1 Å². The molecule has 2 aromatic carbocycles. The second-order valence-electron chi connectivity index (χ2n) is 5.42. The van der Waals surface area contributed by atoms with E-state index in [-0.39, 0.29) is 10.8 Å². The van der Waals surface area contributed by atoms with Gasteiger partial charge >= 0.3 is 0 Å². The Balaban J connectivity index is 1.98. The van der Waals surface area contributed by atoms with Crippen molar-refractivity contribution < 1.29 is 9.13 Å². The average molecular weight is 405 g/mol. The zero-order valence-electron chi connectivity index (χ0n) is 13.9. The van der Waals surface area contributed by atoms with Crippen molar-refractivity contribution in [1.29, 1.82) is 0 Å². The van der Waals surface area contributed by atoms with Crippen LogP contribution in [0.25, 0.3) is 5.70 Å². The zero-order valence-corrected chi connectivity index (χ0v) is 15.5. The topological polar surface area (TPSA) is 77.4 Å². The molecule has 0 saturated heterocycles. The molecule has 0 aliphatic heterocycles. The first-order chi connectivity index (χ1) is 13.0. The predicted octanol–water partition coefficient (Wildman–Crippen LogP) is 4.96. The largest absolute Gasteiger partial charge is 0.453 e. The molecule has 27 heavy (non-hydrogen) atoms. The number of hydrogen-bond donors (Lipinski definition) is 2. The van der Waals surface area contributed by atoms with Gasteiger partial charge in [-0.1, -0.05) is 41.4 Å². The summed E-state index contributed by atoms with van der Waals surface area (Å²) < 4.78 is 19.1. The Morgan fingerprint density at radius 3 is 2.56 bits per heavy atom. The van der Waals surface area contributed by atoms with Gasteiger partial charge in [0.1, 0.15) is 17.3 Å². The molecule has 0 unspecified atom stereocenters. The number of rotatable bonds is 5. The highest BCUT2D eigenvalue weighted by Crippen LogP contribution is 2.37. The molecule has 8 heteroatoms. The predicted molar refractivity (Wildman–Crippen MR) is 106 cm³/mol. The fourth-order valence-corrected chi connectivity index (χ4v) is 2.85. The van der Waals surface area contributed by atoms with Crippen molar-refractivity contribution in [3.05, 3.63) is 88.6 Å². The average Bonchev–Trinajstić information content (AvgIpc) is 2.66. The van der Waals surface area contributed by atoms with Gasteiger partial charge in [0.25, 0.3) is 0 Å². The lowest BCUT2D eigenvalue weighted by Crippen LogP contribution is -2.30. The number of ether oxygens (including phenoxy) is 1. The molecule has 4 N–H and O–H groups in total. The highest BCUT2D eigenvalue weighted by atomic mass is 35.5. The smallest absolute Gasteiger partial charge is 0.155 e. The fraction of sp³-hybridized carbons (Fsp3) is 0. The minimum Gasteiger partial charge on any atom is -0.453 e. The van der Waals surface area contributed by atoms with Gasteiger partial charge in [-0.25, -0.2) is 10.2 Å². The number of pyridine rings is 1. The molecule has 1 aromatic heterocycles. The highest BCUT2D eigenvalue weighted by molar-refractivity contribution is 6.32. The summed E-state index contributed by atoms with van der Waals surface area (Å²) in [6.45, 7) is 0. The van der Waals surface area contributed by atoms with E-state index in [9.17, 15) is 4.39 Å². The van der Waals surface area contributed by atoms with Crippen molar-refractivity contribution in [3.63, 3.8) is 0 Å². The van der Waals surface area contributed by atoms with Crippen LogP contribution in [-0.2, 0) is 0 Å². The van der Waals surface area contributed by atoms with Gasteiger partial charge in [-0.2, -0.15) is 0 Å². The summed E-state index contributed by atoms with van der Waals surface area (Å²) in [5, 5.41) is 1.92. The summed E-state index contributed by atoms with van der Waals surface area (Å²) in [6, 6.07) is 12.6. The molecule has 0 saturated carbocycles. The Hall–Kier alpha value is -2.80. The summed E-state index contributed by atoms with van der Waals surface area (Å²) in [6.07, 6.45) is 4.38. The van der Waals surface area contributed by atoms with Gasteiger partial charge in [-0.05, 0) is 24.3 Å². The van der Waals surface area contributed by atoms with Gasteiger partial charge in [0.05, 0.1) is 16.9 Å². The van der Waals surface area contributed by atoms with E-state index in [0.29, 0.717) is 27.7 Å². The van der Waals surface area contributed by atoms with Crippen LogP contribution in [-0.4, -0.2) is 4.98 Å². The highest BCUT2D eigenvalue weighted by Gasteiger charge is 2.18. The number of aromatic nitrogens is 1. The molecule has 0 fully saturated rings. The third-order valence-electron chi connectivity index (χ3n) is 3.70. The van der Waals surface area contributed by atoms with Crippen molar-refractivity contribution in [2.75, 3.05) is 5.01 Å². The van der Waals surface area contributed by atoms with Crippen LogP contribution < -0.4 is 21.3 Å². The Morgan fingerprint density at radius 1 is 1.07 bits per heavy atom. The molecule has 0 amide bonds. The summed E-state index contributed by atoms with van der Waals surface area (Å²) in [4.78, 5) is 4.08. The van der Waals surface area contributed by atoms with Gasteiger partial charge in [-0.3, -0.25) is 9.99 Å². The molecule has 0 aliphatic rings. The molecule has 0 bridgehead atoms. The molecule has 1 heterocycles. The molecule has 0 radical (unpaired) electrons. The van der Waals surface area contributed by atoms with E-state index >= 15 is 0 Å². The molecular formula is C19H15Cl2FN4O. The number of benzene rings is 2. The maximum absolute atomic E-state index is 13.3. The lowest BCUT2D eigenvalue weighted by atomic mass is 10.1. The normalized spacial score (nSPS) is 11.3. The van der Waals surface area contributed by atoms with E-state index in [0.717, 1.165) is 6.07 Å². The van der Waals surface area contributed by atoms with E-state index in [4.69, 9.17) is 39.5 Å². The first kappa shape index (κ1) is 19.0. The number of halogens is 3. The van der Waals surface area contributed by atoms with Crippen molar-refractivity contribution in [2.24, 2.45) is 11.6 Å².